The van der Waals surface area contributed by atoms with Crippen molar-refractivity contribution in [1.29, 1.82) is 0 Å². The molecule has 0 unspecified atom stereocenters. The number of ether oxygens (including phenoxy) is 1. The van der Waals surface area contributed by atoms with Crippen LogP contribution in [0.15, 0.2) is 24.0 Å². The third-order valence-electron chi connectivity index (χ3n) is 1.62. The van der Waals surface area contributed by atoms with Crippen LogP contribution in [0.5, 0.6) is 0 Å². The molecule has 1 rings (SSSR count). The molecular weight excluding hydrogens is 180 g/mol. The van der Waals surface area contributed by atoms with Crippen molar-refractivity contribution in [2.24, 2.45) is 0 Å². The molecule has 0 N–H and O–H groups in total. The fourth-order valence-electron chi connectivity index (χ4n) is 1.05. The molecule has 0 amide bonds. The first-order chi connectivity index (χ1) is 6.08. The summed E-state index contributed by atoms with van der Waals surface area (Å²) in [4.78, 5) is 0. The van der Waals surface area contributed by atoms with Gasteiger partial charge in [-0.1, -0.05) is 6.08 Å². The molecule has 0 aromatic rings. The van der Waals surface area contributed by atoms with E-state index in [9.17, 15) is 0 Å². The number of hydrogen-bond acceptors (Lipinski definition) is 2. The van der Waals surface area contributed by atoms with Crippen molar-refractivity contribution in [3.8, 4) is 0 Å². The fourth-order valence-corrected chi connectivity index (χ4v) is 1.75. The van der Waals surface area contributed by atoms with Gasteiger partial charge in [0.2, 0.25) is 0 Å². The summed E-state index contributed by atoms with van der Waals surface area (Å²) in [6, 6.07) is 0. The van der Waals surface area contributed by atoms with E-state index < -0.39 is 8.32 Å². The van der Waals surface area contributed by atoms with Gasteiger partial charge in [0.15, 0.2) is 8.32 Å². The van der Waals surface area contributed by atoms with E-state index in [1.807, 2.05) is 6.08 Å². The van der Waals surface area contributed by atoms with E-state index in [1.165, 1.54) is 0 Å². The highest BCUT2D eigenvalue weighted by Crippen LogP contribution is 2.10. The van der Waals surface area contributed by atoms with Crippen LogP contribution in [0.3, 0.4) is 0 Å². The highest BCUT2D eigenvalue weighted by molar-refractivity contribution is 6.69. The van der Waals surface area contributed by atoms with E-state index in [2.05, 4.69) is 31.8 Å². The van der Waals surface area contributed by atoms with Crippen LogP contribution >= 0.6 is 0 Å². The van der Waals surface area contributed by atoms with Gasteiger partial charge in [-0.2, -0.15) is 0 Å². The Kier molecular flexibility index (Phi) is 3.75. The first kappa shape index (κ1) is 10.5. The van der Waals surface area contributed by atoms with Gasteiger partial charge >= 0.3 is 0 Å². The Morgan fingerprint density at radius 3 is 2.62 bits per heavy atom. The molecule has 0 atom stereocenters. The molecule has 0 fully saturated rings. The third kappa shape index (κ3) is 4.90. The highest BCUT2D eigenvalue weighted by Gasteiger charge is 2.13. The van der Waals surface area contributed by atoms with Gasteiger partial charge in [0.05, 0.1) is 6.61 Å². The van der Waals surface area contributed by atoms with Crippen LogP contribution in [-0.2, 0) is 9.16 Å². The predicted octanol–water partition coefficient (Wildman–Crippen LogP) is 2.70. The minimum Gasteiger partial charge on any atom is -0.492 e. The molecule has 2 nitrogen and oxygen atoms in total. The molecule has 0 bridgehead atoms. The average molecular weight is 198 g/mol. The summed E-state index contributed by atoms with van der Waals surface area (Å²) in [6.45, 7) is 7.92. The maximum absolute atomic E-state index is 5.65. The topological polar surface area (TPSA) is 18.5 Å². The second kappa shape index (κ2) is 4.63. The lowest BCUT2D eigenvalue weighted by atomic mass is 10.5. The third-order valence-corrected chi connectivity index (χ3v) is 2.69. The minimum atomic E-state index is -1.35. The van der Waals surface area contributed by atoms with E-state index in [0.717, 1.165) is 12.2 Å². The molecular formula is C10H18O2Si. The lowest BCUT2D eigenvalue weighted by Gasteiger charge is -2.17. The summed E-state index contributed by atoms with van der Waals surface area (Å²) < 4.78 is 11.1. The molecule has 0 saturated carbocycles. The standard InChI is InChI=1S/C10H18O2Si/c1-13(2,3)12-9-8-11-10-6-4-5-7-10/h4,6-7H,5,8-9H2,1-3H3. The van der Waals surface area contributed by atoms with Crippen LogP contribution in [0.1, 0.15) is 6.42 Å². The summed E-state index contributed by atoms with van der Waals surface area (Å²) in [5.74, 6) is 0.985. The summed E-state index contributed by atoms with van der Waals surface area (Å²) in [5, 5.41) is 0. The molecule has 13 heavy (non-hydrogen) atoms. The molecule has 3 heteroatoms. The van der Waals surface area contributed by atoms with Crippen LogP contribution in [0, 0.1) is 0 Å². The van der Waals surface area contributed by atoms with Gasteiger partial charge in [0.25, 0.3) is 0 Å². The van der Waals surface area contributed by atoms with Gasteiger partial charge < -0.3 is 9.16 Å². The maximum Gasteiger partial charge on any atom is 0.183 e. The first-order valence-electron chi connectivity index (χ1n) is 4.71. The van der Waals surface area contributed by atoms with Crippen molar-refractivity contribution >= 4 is 8.32 Å². The van der Waals surface area contributed by atoms with Crippen molar-refractivity contribution < 1.29 is 9.16 Å². The van der Waals surface area contributed by atoms with Crippen LogP contribution in [-0.4, -0.2) is 21.5 Å². The number of rotatable bonds is 5. The van der Waals surface area contributed by atoms with Crippen molar-refractivity contribution in [2.45, 2.75) is 26.1 Å². The zero-order valence-electron chi connectivity index (χ0n) is 8.67. The predicted molar refractivity (Wildman–Crippen MR) is 57.1 cm³/mol. The molecule has 0 spiro atoms. The largest absolute Gasteiger partial charge is 0.492 e. The summed E-state index contributed by atoms with van der Waals surface area (Å²) in [7, 11) is -1.35. The van der Waals surface area contributed by atoms with E-state index >= 15 is 0 Å². The van der Waals surface area contributed by atoms with E-state index in [-0.39, 0.29) is 0 Å². The highest BCUT2D eigenvalue weighted by atomic mass is 28.4. The van der Waals surface area contributed by atoms with Gasteiger partial charge in [0.1, 0.15) is 12.4 Å². The van der Waals surface area contributed by atoms with Crippen LogP contribution in [0.25, 0.3) is 0 Å². The van der Waals surface area contributed by atoms with E-state index in [1.54, 1.807) is 0 Å². The zero-order valence-corrected chi connectivity index (χ0v) is 9.67. The summed E-state index contributed by atoms with van der Waals surface area (Å²) in [6.07, 6.45) is 7.18. The van der Waals surface area contributed by atoms with Crippen molar-refractivity contribution in [3.63, 3.8) is 0 Å². The Bertz CT molecular complexity index is 213. The Hall–Kier alpha value is -0.543. The molecule has 1 aliphatic carbocycles. The second-order valence-corrected chi connectivity index (χ2v) is 8.57. The van der Waals surface area contributed by atoms with Crippen LogP contribution < -0.4 is 0 Å². The number of hydrogen-bond donors (Lipinski definition) is 0. The molecule has 0 aliphatic heterocycles. The lowest BCUT2D eigenvalue weighted by molar-refractivity contribution is 0.161. The molecule has 0 aromatic carbocycles. The van der Waals surface area contributed by atoms with E-state index in [4.69, 9.17) is 9.16 Å². The first-order valence-corrected chi connectivity index (χ1v) is 8.12. The average Bonchev–Trinajstić information content (AvgIpc) is 2.48. The zero-order chi connectivity index (χ0) is 9.73. The van der Waals surface area contributed by atoms with Gasteiger partial charge in [-0.15, -0.1) is 0 Å². The molecule has 1 aliphatic rings. The summed E-state index contributed by atoms with van der Waals surface area (Å²) >= 11 is 0. The quantitative estimate of drug-likeness (QED) is 0.499. The van der Waals surface area contributed by atoms with Crippen molar-refractivity contribution in [3.05, 3.63) is 24.0 Å². The molecule has 0 heterocycles. The molecule has 74 valence electrons. The van der Waals surface area contributed by atoms with Gasteiger partial charge in [-0.05, 0) is 38.2 Å². The van der Waals surface area contributed by atoms with Gasteiger partial charge in [-0.25, -0.2) is 0 Å². The molecule has 0 radical (unpaired) electrons. The summed E-state index contributed by atoms with van der Waals surface area (Å²) in [5.41, 5.74) is 0. The van der Waals surface area contributed by atoms with Gasteiger partial charge in [0, 0.05) is 0 Å². The molecule has 0 aromatic heterocycles. The maximum atomic E-state index is 5.65. The smallest absolute Gasteiger partial charge is 0.183 e. The normalized spacial score (nSPS) is 16.1. The van der Waals surface area contributed by atoms with E-state index in [0.29, 0.717) is 13.2 Å². The van der Waals surface area contributed by atoms with Crippen LogP contribution in [0.4, 0.5) is 0 Å². The van der Waals surface area contributed by atoms with Gasteiger partial charge in [-0.3, -0.25) is 0 Å². The Balaban J connectivity index is 2.04. The fraction of sp³-hybridized carbons (Fsp3) is 0.600. The Labute approximate surface area is 81.4 Å². The monoisotopic (exact) mass is 198 g/mol. The Morgan fingerprint density at radius 1 is 1.31 bits per heavy atom. The Morgan fingerprint density at radius 2 is 2.08 bits per heavy atom. The number of allylic oxidation sites excluding steroid dienone is 3. The minimum absolute atomic E-state index is 0.667. The molecule has 0 saturated heterocycles. The SMILES string of the molecule is C[Si](C)(C)OCCOC1=CCC=C1. The lowest BCUT2D eigenvalue weighted by Crippen LogP contribution is -2.27. The van der Waals surface area contributed by atoms with Crippen molar-refractivity contribution in [1.82, 2.24) is 0 Å². The van der Waals surface area contributed by atoms with Crippen molar-refractivity contribution in [2.75, 3.05) is 13.2 Å². The van der Waals surface area contributed by atoms with Crippen LogP contribution in [0.2, 0.25) is 19.6 Å². The second-order valence-electron chi connectivity index (χ2n) is 4.05.